The van der Waals surface area contributed by atoms with Crippen LogP contribution in [0.2, 0.25) is 0 Å². The van der Waals surface area contributed by atoms with Gasteiger partial charge in [-0.25, -0.2) is 0 Å². The summed E-state index contributed by atoms with van der Waals surface area (Å²) in [7, 11) is 0. The van der Waals surface area contributed by atoms with Crippen LogP contribution in [0.4, 0.5) is 0 Å². The molecule has 0 aliphatic heterocycles. The van der Waals surface area contributed by atoms with Gasteiger partial charge in [-0.3, -0.25) is 14.4 Å². The second kappa shape index (κ2) is 48.3. The molecule has 0 fully saturated rings. The first-order valence-electron chi connectivity index (χ1n) is 25.5. The van der Waals surface area contributed by atoms with E-state index in [0.29, 0.717) is 19.3 Å². The van der Waals surface area contributed by atoms with Crippen LogP contribution < -0.4 is 0 Å². The number of rotatable bonds is 46. The predicted octanol–water partition coefficient (Wildman–Crippen LogP) is 16.5. The fraction of sp³-hybridized carbons (Fsp3) is 0.830. The van der Waals surface area contributed by atoms with Crippen molar-refractivity contribution >= 4 is 17.9 Å². The summed E-state index contributed by atoms with van der Waals surface area (Å²) in [5, 5.41) is 0. The number of hydrogen-bond acceptors (Lipinski definition) is 6. The summed E-state index contributed by atoms with van der Waals surface area (Å²) >= 11 is 0. The molecule has 0 bridgehead atoms. The third-order valence-corrected chi connectivity index (χ3v) is 11.1. The van der Waals surface area contributed by atoms with Gasteiger partial charge in [0, 0.05) is 19.3 Å². The number of carbonyl (C=O) groups excluding carboxylic acids is 3. The molecule has 6 heteroatoms. The Balaban J connectivity index is 4.39. The molecule has 0 aliphatic rings. The van der Waals surface area contributed by atoms with Crippen LogP contribution in [0.15, 0.2) is 36.5 Å². The normalized spacial score (nSPS) is 12.3. The standard InChI is InChI=1S/C53H96O6/c1-4-7-10-13-16-19-22-24-25-26-27-29-31-34-37-40-43-46-52(55)58-49-50(48-57-51(54)45-42-39-36-33-30-21-18-15-12-9-6-3)59-53(56)47-44-41-38-35-32-28-23-20-17-14-11-8-5-2/h24-25,28,32,38,41,50H,4-23,26-27,29-31,33-37,39-40,42-49H2,1-3H3/b25-24-,32-28-,41-38-. The molecule has 59 heavy (non-hydrogen) atoms. The Morgan fingerprint density at radius 2 is 0.644 bits per heavy atom. The van der Waals surface area contributed by atoms with Crippen LogP contribution in [-0.2, 0) is 28.6 Å². The van der Waals surface area contributed by atoms with Crippen molar-refractivity contribution in [3.8, 4) is 0 Å². The predicted molar refractivity (Wildman–Crippen MR) is 252 cm³/mol. The molecule has 0 saturated heterocycles. The summed E-state index contributed by atoms with van der Waals surface area (Å²) in [6, 6.07) is 0. The van der Waals surface area contributed by atoms with Gasteiger partial charge < -0.3 is 14.2 Å². The first kappa shape index (κ1) is 56.6. The van der Waals surface area contributed by atoms with Gasteiger partial charge in [-0.15, -0.1) is 0 Å². The Labute approximate surface area is 365 Å². The molecule has 0 radical (unpaired) electrons. The molecule has 344 valence electrons. The fourth-order valence-electron chi connectivity index (χ4n) is 7.25. The SMILES string of the molecule is CCCCCCCC/C=C\C/C=C\CCC(=O)OC(COC(=O)CCCCCCCCC/C=C\CCCCCCCC)COC(=O)CCCCCCCCCCCCC. The van der Waals surface area contributed by atoms with Crippen LogP contribution in [0.3, 0.4) is 0 Å². The summed E-state index contributed by atoms with van der Waals surface area (Å²) in [4.78, 5) is 37.8. The lowest BCUT2D eigenvalue weighted by Gasteiger charge is -2.18. The molecular formula is C53H96O6. The van der Waals surface area contributed by atoms with Crippen LogP contribution >= 0.6 is 0 Å². The van der Waals surface area contributed by atoms with E-state index in [9.17, 15) is 14.4 Å². The molecule has 0 spiro atoms. The molecule has 0 rings (SSSR count). The van der Waals surface area contributed by atoms with Crippen molar-refractivity contribution in [3.63, 3.8) is 0 Å². The lowest BCUT2D eigenvalue weighted by atomic mass is 10.1. The zero-order chi connectivity index (χ0) is 43.0. The second-order valence-electron chi connectivity index (χ2n) is 17.1. The average molecular weight is 829 g/mol. The molecule has 0 aromatic heterocycles. The molecule has 0 aromatic rings. The largest absolute Gasteiger partial charge is 0.462 e. The second-order valence-corrected chi connectivity index (χ2v) is 17.1. The number of carbonyl (C=O) groups is 3. The van der Waals surface area contributed by atoms with Crippen LogP contribution in [0.1, 0.15) is 265 Å². The molecule has 1 atom stereocenters. The Bertz CT molecular complexity index is 1000. The summed E-state index contributed by atoms with van der Waals surface area (Å²) in [5.41, 5.74) is 0. The molecule has 0 N–H and O–H groups in total. The highest BCUT2D eigenvalue weighted by Crippen LogP contribution is 2.15. The van der Waals surface area contributed by atoms with E-state index in [1.54, 1.807) is 0 Å². The maximum atomic E-state index is 12.7. The average Bonchev–Trinajstić information content (AvgIpc) is 3.23. The van der Waals surface area contributed by atoms with Crippen LogP contribution in [-0.4, -0.2) is 37.2 Å². The molecule has 6 nitrogen and oxygen atoms in total. The van der Waals surface area contributed by atoms with E-state index < -0.39 is 6.10 Å². The smallest absolute Gasteiger partial charge is 0.306 e. The minimum absolute atomic E-state index is 0.0932. The zero-order valence-electron chi connectivity index (χ0n) is 39.3. The number of esters is 3. The number of ether oxygens (including phenoxy) is 3. The number of hydrogen-bond donors (Lipinski definition) is 0. The molecule has 1 unspecified atom stereocenters. The minimum atomic E-state index is -0.799. The van der Waals surface area contributed by atoms with Gasteiger partial charge in [0.25, 0.3) is 0 Å². The fourth-order valence-corrected chi connectivity index (χ4v) is 7.25. The van der Waals surface area contributed by atoms with Crippen molar-refractivity contribution in [2.24, 2.45) is 0 Å². The molecule has 0 amide bonds. The summed E-state index contributed by atoms with van der Waals surface area (Å²) in [6.45, 7) is 6.58. The topological polar surface area (TPSA) is 78.9 Å². The van der Waals surface area contributed by atoms with Crippen molar-refractivity contribution in [2.75, 3.05) is 13.2 Å². The lowest BCUT2D eigenvalue weighted by Crippen LogP contribution is -2.30. The number of unbranched alkanes of at least 4 members (excludes halogenated alkanes) is 29. The quantitative estimate of drug-likeness (QED) is 0.0263. The summed E-state index contributed by atoms with van der Waals surface area (Å²) in [6.07, 6.45) is 55.7. The van der Waals surface area contributed by atoms with Crippen LogP contribution in [0, 0.1) is 0 Å². The van der Waals surface area contributed by atoms with Gasteiger partial charge >= 0.3 is 17.9 Å². The summed E-state index contributed by atoms with van der Waals surface area (Å²) < 4.78 is 16.7. The van der Waals surface area contributed by atoms with Gasteiger partial charge in [0.05, 0.1) is 0 Å². The Morgan fingerprint density at radius 3 is 1.02 bits per heavy atom. The maximum Gasteiger partial charge on any atom is 0.306 e. The van der Waals surface area contributed by atoms with E-state index in [4.69, 9.17) is 14.2 Å². The number of allylic oxidation sites excluding steroid dienone is 6. The van der Waals surface area contributed by atoms with E-state index in [1.807, 2.05) is 6.08 Å². The first-order chi connectivity index (χ1) is 29.0. The van der Waals surface area contributed by atoms with Gasteiger partial charge in [0.1, 0.15) is 13.2 Å². The zero-order valence-corrected chi connectivity index (χ0v) is 39.3. The maximum absolute atomic E-state index is 12.7. The van der Waals surface area contributed by atoms with Crippen molar-refractivity contribution in [3.05, 3.63) is 36.5 Å². The van der Waals surface area contributed by atoms with Crippen molar-refractivity contribution in [1.29, 1.82) is 0 Å². The van der Waals surface area contributed by atoms with Gasteiger partial charge in [-0.05, 0) is 64.2 Å². The van der Waals surface area contributed by atoms with Gasteiger partial charge in [-0.1, -0.05) is 218 Å². The van der Waals surface area contributed by atoms with Crippen LogP contribution in [0.25, 0.3) is 0 Å². The third kappa shape index (κ3) is 46.5. The van der Waals surface area contributed by atoms with Gasteiger partial charge in [0.15, 0.2) is 6.10 Å². The van der Waals surface area contributed by atoms with Crippen molar-refractivity contribution < 1.29 is 28.6 Å². The van der Waals surface area contributed by atoms with E-state index in [1.165, 1.54) is 167 Å². The molecule has 0 saturated carbocycles. The van der Waals surface area contributed by atoms with Crippen LogP contribution in [0.5, 0.6) is 0 Å². The minimum Gasteiger partial charge on any atom is -0.462 e. The molecule has 0 aliphatic carbocycles. The van der Waals surface area contributed by atoms with E-state index in [2.05, 4.69) is 51.2 Å². The highest BCUT2D eigenvalue weighted by molar-refractivity contribution is 5.71. The van der Waals surface area contributed by atoms with E-state index >= 15 is 0 Å². The molecule has 0 heterocycles. The van der Waals surface area contributed by atoms with Gasteiger partial charge in [0.2, 0.25) is 0 Å². The summed E-state index contributed by atoms with van der Waals surface area (Å²) in [5.74, 6) is -0.959. The highest BCUT2D eigenvalue weighted by Gasteiger charge is 2.19. The Hall–Kier alpha value is -2.37. The van der Waals surface area contributed by atoms with Crippen molar-refractivity contribution in [1.82, 2.24) is 0 Å². The van der Waals surface area contributed by atoms with Crippen molar-refractivity contribution in [2.45, 2.75) is 271 Å². The molecular weight excluding hydrogens is 733 g/mol. The lowest BCUT2D eigenvalue weighted by molar-refractivity contribution is -0.166. The van der Waals surface area contributed by atoms with E-state index in [-0.39, 0.29) is 37.5 Å². The molecule has 0 aromatic carbocycles. The van der Waals surface area contributed by atoms with Gasteiger partial charge in [-0.2, -0.15) is 0 Å². The van der Waals surface area contributed by atoms with E-state index in [0.717, 1.165) is 51.4 Å². The monoisotopic (exact) mass is 829 g/mol. The third-order valence-electron chi connectivity index (χ3n) is 11.1. The highest BCUT2D eigenvalue weighted by atomic mass is 16.6. The first-order valence-corrected chi connectivity index (χ1v) is 25.5. The Kier molecular flexibility index (Phi) is 46.4. The Morgan fingerprint density at radius 1 is 0.339 bits per heavy atom.